The minimum absolute atomic E-state index is 0.0150. The van der Waals surface area contributed by atoms with E-state index in [0.29, 0.717) is 77.0 Å². The van der Waals surface area contributed by atoms with E-state index in [9.17, 15) is 38.4 Å². The Morgan fingerprint density at radius 1 is 0.266 bits per heavy atom. The molecule has 0 aromatic heterocycles. The quantitative estimate of drug-likeness (QED) is 0.0313. The van der Waals surface area contributed by atoms with E-state index in [1.54, 1.807) is 0 Å². The second-order valence-corrected chi connectivity index (χ2v) is 21.0. The monoisotopic (exact) mass is 1130 g/mol. The number of carbonyl (C=O) groups excluding carboxylic acids is 8. The van der Waals surface area contributed by atoms with E-state index in [-0.39, 0.29) is 51.4 Å². The SMILES string of the molecule is CCCCCC(=O)OCC1OC(OC(=O)CCCCC)C(OC(=O)CCCCC)[C@@H](OC(=O)CCCCC)[C@@H]1O[C@@H]1OC(COC(=O)CCCCC)[C@H](OC(=O)CCCCC)[C@H](OC(=O)CCCCC)C1OC(=O)CCCCC. The van der Waals surface area contributed by atoms with Gasteiger partial charge < -0.3 is 52.1 Å². The Labute approximate surface area is 472 Å². The Kier molecular flexibility index (Phi) is 38.8. The first-order valence-electron chi connectivity index (χ1n) is 30.6. The zero-order valence-electron chi connectivity index (χ0n) is 49.6. The minimum Gasteiger partial charge on any atom is -0.463 e. The van der Waals surface area contributed by atoms with Gasteiger partial charge in [-0.05, 0) is 51.4 Å². The fourth-order valence-corrected chi connectivity index (χ4v) is 9.10. The summed E-state index contributed by atoms with van der Waals surface area (Å²) >= 11 is 0. The summed E-state index contributed by atoms with van der Waals surface area (Å²) in [6.45, 7) is 14.7. The molecule has 10 atom stereocenters. The van der Waals surface area contributed by atoms with E-state index < -0.39 is 122 Å². The molecule has 0 aromatic carbocycles. The lowest BCUT2D eigenvalue weighted by molar-refractivity contribution is -0.358. The van der Waals surface area contributed by atoms with Crippen molar-refractivity contribution in [3.05, 3.63) is 0 Å². The number of unbranched alkanes of at least 4 members (excludes halogenated alkanes) is 16. The molecule has 2 rings (SSSR count). The van der Waals surface area contributed by atoms with Crippen LogP contribution in [0.15, 0.2) is 0 Å². The van der Waals surface area contributed by atoms with Crippen molar-refractivity contribution < 1.29 is 90.5 Å². The van der Waals surface area contributed by atoms with E-state index in [2.05, 4.69) is 0 Å². The van der Waals surface area contributed by atoms with Crippen molar-refractivity contribution in [1.82, 2.24) is 0 Å². The van der Waals surface area contributed by atoms with Crippen LogP contribution in [0.3, 0.4) is 0 Å². The number of esters is 8. The van der Waals surface area contributed by atoms with Crippen molar-refractivity contribution in [3.63, 3.8) is 0 Å². The molecule has 2 fully saturated rings. The van der Waals surface area contributed by atoms with Crippen molar-refractivity contribution in [2.45, 2.75) is 322 Å². The third-order valence-electron chi connectivity index (χ3n) is 13.8. The largest absolute Gasteiger partial charge is 0.463 e. The van der Waals surface area contributed by atoms with Gasteiger partial charge >= 0.3 is 47.8 Å². The third-order valence-corrected chi connectivity index (χ3v) is 13.8. The maximum atomic E-state index is 14.1. The van der Waals surface area contributed by atoms with Crippen LogP contribution in [0.1, 0.15) is 261 Å². The molecule has 0 bridgehead atoms. The van der Waals surface area contributed by atoms with Gasteiger partial charge in [0.05, 0.1) is 0 Å². The van der Waals surface area contributed by atoms with Crippen LogP contribution in [-0.2, 0) is 90.5 Å². The van der Waals surface area contributed by atoms with Crippen LogP contribution in [0.2, 0.25) is 0 Å². The van der Waals surface area contributed by atoms with E-state index >= 15 is 0 Å². The van der Waals surface area contributed by atoms with Crippen LogP contribution in [0.5, 0.6) is 0 Å². The van der Waals surface area contributed by atoms with Crippen LogP contribution in [0.4, 0.5) is 0 Å². The first-order valence-corrected chi connectivity index (χ1v) is 30.6. The smallest absolute Gasteiger partial charge is 0.308 e. The molecule has 0 radical (unpaired) electrons. The summed E-state index contributed by atoms with van der Waals surface area (Å²) < 4.78 is 69.0. The molecule has 456 valence electrons. The van der Waals surface area contributed by atoms with Gasteiger partial charge in [0.2, 0.25) is 12.4 Å². The predicted molar refractivity (Wildman–Crippen MR) is 293 cm³/mol. The average Bonchev–Trinajstić information content (AvgIpc) is 3.50. The summed E-state index contributed by atoms with van der Waals surface area (Å²) in [7, 11) is 0. The zero-order chi connectivity index (χ0) is 58.2. The van der Waals surface area contributed by atoms with Crippen molar-refractivity contribution in [1.29, 1.82) is 0 Å². The number of rotatable bonds is 44. The third kappa shape index (κ3) is 29.3. The molecule has 0 N–H and O–H groups in total. The first kappa shape index (κ1) is 70.7. The Morgan fingerprint density at radius 3 is 0.835 bits per heavy atom. The highest BCUT2D eigenvalue weighted by Crippen LogP contribution is 2.37. The fourth-order valence-electron chi connectivity index (χ4n) is 9.10. The molecule has 19 heteroatoms. The molecular weight excluding hydrogens is 1020 g/mol. The molecule has 0 amide bonds. The summed E-state index contributed by atoms with van der Waals surface area (Å²) in [6.07, 6.45) is -0.529. The maximum Gasteiger partial charge on any atom is 0.308 e. The van der Waals surface area contributed by atoms with E-state index in [0.717, 1.165) is 77.0 Å². The summed E-state index contributed by atoms with van der Waals surface area (Å²) in [5, 5.41) is 0. The van der Waals surface area contributed by atoms with Gasteiger partial charge in [-0.1, -0.05) is 158 Å². The molecule has 2 saturated heterocycles. The van der Waals surface area contributed by atoms with Gasteiger partial charge in [-0.3, -0.25) is 38.4 Å². The van der Waals surface area contributed by atoms with Crippen molar-refractivity contribution in [3.8, 4) is 0 Å². The summed E-state index contributed by atoms with van der Waals surface area (Å²) in [5.74, 6) is -5.41. The zero-order valence-corrected chi connectivity index (χ0v) is 49.6. The maximum absolute atomic E-state index is 14.1. The van der Waals surface area contributed by atoms with Crippen LogP contribution >= 0.6 is 0 Å². The summed E-state index contributed by atoms with van der Waals surface area (Å²) in [6, 6.07) is 0. The molecular formula is C60H102O19. The second-order valence-electron chi connectivity index (χ2n) is 21.0. The average molecular weight is 1130 g/mol. The Hall–Kier alpha value is -4.36. The Morgan fingerprint density at radius 2 is 0.506 bits per heavy atom. The van der Waals surface area contributed by atoms with Gasteiger partial charge in [-0.25, -0.2) is 0 Å². The van der Waals surface area contributed by atoms with Gasteiger partial charge in [0.1, 0.15) is 31.5 Å². The Balaban J connectivity index is 3.07. The molecule has 0 saturated carbocycles. The number of hydrogen-bond donors (Lipinski definition) is 0. The lowest BCUT2D eigenvalue weighted by Gasteiger charge is -2.48. The molecule has 2 heterocycles. The van der Waals surface area contributed by atoms with Crippen LogP contribution in [0, 0.1) is 0 Å². The van der Waals surface area contributed by atoms with Gasteiger partial charge in [0.25, 0.3) is 0 Å². The van der Waals surface area contributed by atoms with Gasteiger partial charge in [0.15, 0.2) is 30.7 Å². The molecule has 19 nitrogen and oxygen atoms in total. The second kappa shape index (κ2) is 43.4. The van der Waals surface area contributed by atoms with Crippen LogP contribution in [0.25, 0.3) is 0 Å². The minimum atomic E-state index is -1.84. The number of hydrogen-bond acceptors (Lipinski definition) is 19. The van der Waals surface area contributed by atoms with E-state index in [1.807, 2.05) is 55.4 Å². The lowest BCUT2D eigenvalue weighted by atomic mass is 9.95. The van der Waals surface area contributed by atoms with Crippen molar-refractivity contribution in [2.75, 3.05) is 13.2 Å². The van der Waals surface area contributed by atoms with Gasteiger partial charge in [-0.15, -0.1) is 0 Å². The van der Waals surface area contributed by atoms with Crippen molar-refractivity contribution >= 4 is 47.8 Å². The molecule has 5 unspecified atom stereocenters. The Bertz CT molecular complexity index is 1740. The van der Waals surface area contributed by atoms with Crippen LogP contribution < -0.4 is 0 Å². The van der Waals surface area contributed by atoms with Crippen molar-refractivity contribution in [2.24, 2.45) is 0 Å². The van der Waals surface area contributed by atoms with Gasteiger partial charge in [-0.2, -0.15) is 0 Å². The fraction of sp³-hybridized carbons (Fsp3) is 0.867. The molecule has 79 heavy (non-hydrogen) atoms. The highest BCUT2D eigenvalue weighted by molar-refractivity contribution is 5.73. The first-order chi connectivity index (χ1) is 38.2. The summed E-state index contributed by atoms with van der Waals surface area (Å²) in [4.78, 5) is 110. The highest BCUT2D eigenvalue weighted by Gasteiger charge is 2.58. The highest BCUT2D eigenvalue weighted by atomic mass is 16.8. The normalized spacial score (nSPS) is 22.7. The molecule has 2 aliphatic rings. The van der Waals surface area contributed by atoms with E-state index in [1.165, 1.54) is 0 Å². The molecule has 0 aliphatic carbocycles. The molecule has 0 spiro atoms. The molecule has 2 aliphatic heterocycles. The molecule has 0 aromatic rings. The summed E-state index contributed by atoms with van der Waals surface area (Å²) in [5.41, 5.74) is 0. The predicted octanol–water partition coefficient (Wildman–Crippen LogP) is 11.7. The standard InChI is InChI=1S/C60H102O19/c1-9-17-25-33-45(61)69-41-43-53(73-47(63)35-27-19-11-3)55(74-48(64)36-28-20-12-4)58(77-51(67)39-31-23-15-7)60(72-43)79-54-44(42-70-46(62)34-26-18-10-2)71-59(78-52(68)40-32-24-16-8)57(76-50(66)38-30-22-14-6)56(54)75-49(65)37-29-21-13-5/h43-44,53-60H,9-42H2,1-8H3/t43?,44?,53-,54+,55-,56-,57?,58?,59?,60-/m0/s1. The lowest BCUT2D eigenvalue weighted by Crippen LogP contribution is -2.67. The van der Waals surface area contributed by atoms with E-state index in [4.69, 9.17) is 52.1 Å². The topological polar surface area (TPSA) is 238 Å². The number of carbonyl (C=O) groups is 8. The van der Waals surface area contributed by atoms with Crippen LogP contribution in [-0.4, -0.2) is 122 Å². The number of ether oxygens (including phenoxy) is 11. The van der Waals surface area contributed by atoms with Gasteiger partial charge in [0, 0.05) is 51.4 Å².